The fraction of sp³-hybridized carbons (Fsp3) is 0.136. The van der Waals surface area contributed by atoms with Crippen LogP contribution in [0.2, 0.25) is 0 Å². The Hall–Kier alpha value is -3.87. The van der Waals surface area contributed by atoms with Gasteiger partial charge in [0.15, 0.2) is 6.20 Å². The fourth-order valence-corrected chi connectivity index (χ4v) is 3.46. The minimum absolute atomic E-state index is 0.0625. The summed E-state index contributed by atoms with van der Waals surface area (Å²) in [5, 5.41) is 13.2. The highest BCUT2D eigenvalue weighted by atomic mass is 16.5. The summed E-state index contributed by atoms with van der Waals surface area (Å²) < 4.78 is 6.89. The number of phenolic OH excluding ortho intramolecular Hbond substituents is 1. The number of carbonyl (C=O) groups excluding carboxylic acids is 2. The van der Waals surface area contributed by atoms with E-state index in [1.54, 1.807) is 66.4 Å². The second-order valence-electron chi connectivity index (χ2n) is 6.63. The standard InChI is InChI=1S/C22H19N3O4/c1-29-16-11-9-15(10-12-16)23-22(28)21-18-7-4-5-13-24(18)14-20(27)25(21)17-6-2-3-8-19(17)26/h2-13,21H,14H2,1H3,(H-,23,26,28)/p+1. The molecule has 3 aromatic rings. The quantitative estimate of drug-likeness (QED) is 0.671. The van der Waals surface area contributed by atoms with Gasteiger partial charge in [-0.1, -0.05) is 18.2 Å². The Morgan fingerprint density at radius 1 is 1.10 bits per heavy atom. The van der Waals surface area contributed by atoms with E-state index in [-0.39, 0.29) is 24.1 Å². The second kappa shape index (κ2) is 7.63. The number of ether oxygens (including phenoxy) is 1. The molecule has 0 saturated heterocycles. The van der Waals surface area contributed by atoms with E-state index in [0.29, 0.717) is 22.8 Å². The number of hydrogen-bond donors (Lipinski definition) is 2. The Morgan fingerprint density at radius 2 is 1.83 bits per heavy atom. The van der Waals surface area contributed by atoms with Gasteiger partial charge >= 0.3 is 0 Å². The SMILES string of the molecule is COc1ccc(NC(=O)C2c3cccc[n+]3CC(=O)N2c2ccccc2O)cc1. The van der Waals surface area contributed by atoms with E-state index in [9.17, 15) is 14.7 Å². The lowest BCUT2D eigenvalue weighted by Crippen LogP contribution is -2.58. The van der Waals surface area contributed by atoms with Crippen molar-refractivity contribution in [3.05, 3.63) is 78.6 Å². The normalized spacial score (nSPS) is 15.6. The first-order valence-electron chi connectivity index (χ1n) is 9.12. The van der Waals surface area contributed by atoms with Crippen molar-refractivity contribution in [2.24, 2.45) is 0 Å². The first kappa shape index (κ1) is 18.5. The van der Waals surface area contributed by atoms with Crippen molar-refractivity contribution < 1.29 is 24.0 Å². The van der Waals surface area contributed by atoms with Crippen molar-refractivity contribution in [1.82, 2.24) is 0 Å². The Balaban J connectivity index is 1.75. The number of anilines is 2. The van der Waals surface area contributed by atoms with Crippen LogP contribution in [0, 0.1) is 0 Å². The lowest BCUT2D eigenvalue weighted by Gasteiger charge is -2.32. The number of amides is 2. The van der Waals surface area contributed by atoms with Gasteiger partial charge in [0.1, 0.15) is 11.5 Å². The van der Waals surface area contributed by atoms with Crippen LogP contribution in [-0.4, -0.2) is 24.0 Å². The van der Waals surface area contributed by atoms with E-state index < -0.39 is 6.04 Å². The molecule has 1 unspecified atom stereocenters. The van der Waals surface area contributed by atoms with Crippen LogP contribution in [0.1, 0.15) is 11.7 Å². The average molecular weight is 390 g/mol. The van der Waals surface area contributed by atoms with Gasteiger partial charge in [-0.2, -0.15) is 4.57 Å². The predicted molar refractivity (Wildman–Crippen MR) is 107 cm³/mol. The number of rotatable bonds is 4. The van der Waals surface area contributed by atoms with E-state index in [2.05, 4.69) is 5.32 Å². The van der Waals surface area contributed by atoms with Crippen LogP contribution in [0.5, 0.6) is 11.5 Å². The van der Waals surface area contributed by atoms with Crippen LogP contribution in [0.4, 0.5) is 11.4 Å². The summed E-state index contributed by atoms with van der Waals surface area (Å²) in [6, 6.07) is 17.9. The molecule has 2 amide bonds. The molecule has 1 aliphatic heterocycles. The lowest BCUT2D eigenvalue weighted by molar-refractivity contribution is -0.695. The molecule has 0 bridgehead atoms. The summed E-state index contributed by atoms with van der Waals surface area (Å²) in [5.41, 5.74) is 1.53. The number of nitrogens with one attached hydrogen (secondary N) is 1. The number of hydrogen-bond acceptors (Lipinski definition) is 4. The van der Waals surface area contributed by atoms with Gasteiger partial charge < -0.3 is 15.2 Å². The molecule has 4 rings (SSSR count). The molecule has 146 valence electrons. The van der Waals surface area contributed by atoms with Crippen molar-refractivity contribution in [2.75, 3.05) is 17.3 Å². The first-order valence-corrected chi connectivity index (χ1v) is 9.12. The summed E-state index contributed by atoms with van der Waals surface area (Å²) in [4.78, 5) is 27.6. The second-order valence-corrected chi connectivity index (χ2v) is 6.63. The summed E-state index contributed by atoms with van der Waals surface area (Å²) >= 11 is 0. The molecule has 2 aromatic carbocycles. The van der Waals surface area contributed by atoms with Gasteiger partial charge in [-0.05, 0) is 36.4 Å². The van der Waals surface area contributed by atoms with Crippen LogP contribution in [0.15, 0.2) is 72.9 Å². The van der Waals surface area contributed by atoms with Crippen LogP contribution in [0.3, 0.4) is 0 Å². The maximum atomic E-state index is 13.3. The Morgan fingerprint density at radius 3 is 2.55 bits per heavy atom. The van der Waals surface area contributed by atoms with Gasteiger partial charge in [-0.15, -0.1) is 0 Å². The molecule has 0 aliphatic carbocycles. The van der Waals surface area contributed by atoms with E-state index in [0.717, 1.165) is 0 Å². The van der Waals surface area contributed by atoms with Crippen LogP contribution >= 0.6 is 0 Å². The molecule has 7 nitrogen and oxygen atoms in total. The summed E-state index contributed by atoms with van der Waals surface area (Å²) in [7, 11) is 1.57. The molecule has 1 aliphatic rings. The van der Waals surface area contributed by atoms with Crippen molar-refractivity contribution in [3.63, 3.8) is 0 Å². The van der Waals surface area contributed by atoms with Crippen molar-refractivity contribution in [3.8, 4) is 11.5 Å². The van der Waals surface area contributed by atoms with Gasteiger partial charge in [0.05, 0.1) is 12.8 Å². The maximum Gasteiger partial charge on any atom is 0.294 e. The monoisotopic (exact) mass is 390 g/mol. The molecule has 2 N–H and O–H groups in total. The van der Waals surface area contributed by atoms with Crippen molar-refractivity contribution in [1.29, 1.82) is 0 Å². The Labute approximate surface area is 167 Å². The first-order chi connectivity index (χ1) is 14.1. The molecule has 0 fully saturated rings. The molecular weight excluding hydrogens is 370 g/mol. The summed E-state index contributed by atoms with van der Waals surface area (Å²) in [5.74, 6) is -0.0587. The minimum Gasteiger partial charge on any atom is -0.506 e. The lowest BCUT2D eigenvalue weighted by atomic mass is 10.0. The topological polar surface area (TPSA) is 82.8 Å². The average Bonchev–Trinajstić information content (AvgIpc) is 2.74. The number of pyridine rings is 1. The highest BCUT2D eigenvalue weighted by Gasteiger charge is 2.44. The van der Waals surface area contributed by atoms with E-state index in [4.69, 9.17) is 4.74 Å². The number of para-hydroxylation sites is 2. The van der Waals surface area contributed by atoms with Crippen LogP contribution in [0.25, 0.3) is 0 Å². The number of aromatic nitrogens is 1. The smallest absolute Gasteiger partial charge is 0.294 e. The zero-order chi connectivity index (χ0) is 20.4. The predicted octanol–water partition coefficient (Wildman–Crippen LogP) is 2.41. The van der Waals surface area contributed by atoms with Crippen LogP contribution in [-0.2, 0) is 16.1 Å². The van der Waals surface area contributed by atoms with Crippen molar-refractivity contribution in [2.45, 2.75) is 12.6 Å². The van der Waals surface area contributed by atoms with Gasteiger partial charge in [-0.3, -0.25) is 14.5 Å². The zero-order valence-electron chi connectivity index (χ0n) is 15.8. The molecule has 0 spiro atoms. The maximum absolute atomic E-state index is 13.3. The van der Waals surface area contributed by atoms with Gasteiger partial charge in [-0.25, -0.2) is 0 Å². The zero-order valence-corrected chi connectivity index (χ0v) is 15.8. The van der Waals surface area contributed by atoms with E-state index >= 15 is 0 Å². The van der Waals surface area contributed by atoms with E-state index in [1.165, 1.54) is 11.0 Å². The molecule has 0 saturated carbocycles. The van der Waals surface area contributed by atoms with Crippen molar-refractivity contribution >= 4 is 23.2 Å². The number of fused-ring (bicyclic) bond motifs is 1. The molecule has 0 radical (unpaired) electrons. The Kier molecular flexibility index (Phi) is 4.87. The number of aromatic hydroxyl groups is 1. The third-order valence-corrected chi connectivity index (χ3v) is 4.84. The number of carbonyl (C=O) groups is 2. The summed E-state index contributed by atoms with van der Waals surface area (Å²) in [6.45, 7) is 0.0802. The largest absolute Gasteiger partial charge is 0.506 e. The number of benzene rings is 2. The van der Waals surface area contributed by atoms with Gasteiger partial charge in [0.25, 0.3) is 11.8 Å². The molecule has 29 heavy (non-hydrogen) atoms. The number of phenols is 1. The van der Waals surface area contributed by atoms with Crippen LogP contribution < -0.4 is 19.5 Å². The summed E-state index contributed by atoms with van der Waals surface area (Å²) in [6.07, 6.45) is 1.77. The minimum atomic E-state index is -0.937. The molecule has 1 aromatic heterocycles. The fourth-order valence-electron chi connectivity index (χ4n) is 3.46. The molecule has 7 heteroatoms. The third kappa shape index (κ3) is 3.50. The Bertz CT molecular complexity index is 1070. The molecule has 1 atom stereocenters. The number of methoxy groups -OCH3 is 1. The van der Waals surface area contributed by atoms with Gasteiger partial charge in [0.2, 0.25) is 18.3 Å². The molecule has 2 heterocycles. The number of nitrogens with zero attached hydrogens (tertiary/aromatic N) is 2. The third-order valence-electron chi connectivity index (χ3n) is 4.84. The molecular formula is C22H20N3O4+. The van der Waals surface area contributed by atoms with Gasteiger partial charge in [0, 0.05) is 17.8 Å². The van der Waals surface area contributed by atoms with E-state index in [1.807, 2.05) is 12.1 Å². The highest BCUT2D eigenvalue weighted by molar-refractivity contribution is 6.06. The highest BCUT2D eigenvalue weighted by Crippen LogP contribution is 2.35.